The van der Waals surface area contributed by atoms with Crippen molar-refractivity contribution in [2.24, 2.45) is 0 Å². The zero-order valence-corrected chi connectivity index (χ0v) is 11.0. The normalized spacial score (nSPS) is 10.6. The van der Waals surface area contributed by atoms with Gasteiger partial charge in [0.15, 0.2) is 0 Å². The van der Waals surface area contributed by atoms with Crippen LogP contribution in [0.3, 0.4) is 0 Å². The molecule has 1 amide bonds. The van der Waals surface area contributed by atoms with Crippen LogP contribution in [0.25, 0.3) is 0 Å². The molecule has 16 heavy (non-hydrogen) atoms. The Hall–Kier alpha value is -1.17. The smallest absolute Gasteiger partial charge is 0.241 e. The number of amides is 1. The van der Waals surface area contributed by atoms with Crippen LogP contribution < -0.4 is 5.32 Å². The first kappa shape index (κ1) is 12.9. The lowest BCUT2D eigenvalue weighted by Crippen LogP contribution is -2.31. The van der Waals surface area contributed by atoms with Crippen molar-refractivity contribution in [3.8, 4) is 0 Å². The summed E-state index contributed by atoms with van der Waals surface area (Å²) < 4.78 is 4.20. The van der Waals surface area contributed by atoms with Gasteiger partial charge in [0, 0.05) is 31.0 Å². The highest BCUT2D eigenvalue weighted by atomic mass is 32.1. The molecule has 0 saturated heterocycles. The van der Waals surface area contributed by atoms with Crippen LogP contribution >= 0.6 is 11.5 Å². The number of nitrogens with zero attached hydrogens (tertiary/aromatic N) is 3. The van der Waals surface area contributed by atoms with Crippen LogP contribution in [-0.4, -0.2) is 40.3 Å². The van der Waals surface area contributed by atoms with Gasteiger partial charge in [0.05, 0.1) is 6.54 Å². The zero-order chi connectivity index (χ0) is 12.1. The Labute approximate surface area is 100 Å². The van der Waals surface area contributed by atoms with Crippen molar-refractivity contribution in [2.75, 3.05) is 25.5 Å². The minimum Gasteiger partial charge on any atom is -0.351 e. The third-order valence-electron chi connectivity index (χ3n) is 2.25. The summed E-state index contributed by atoms with van der Waals surface area (Å²) in [5, 5.41) is 3.70. The van der Waals surface area contributed by atoms with Crippen LogP contribution in [0, 0.1) is 0 Å². The first-order chi connectivity index (χ1) is 7.54. The Bertz CT molecular complexity index is 350. The number of carbonyl (C=O) groups excluding carboxylic acids is 1. The van der Waals surface area contributed by atoms with Gasteiger partial charge in [-0.15, -0.1) is 0 Å². The minimum atomic E-state index is 0.0591. The maximum absolute atomic E-state index is 11.5. The van der Waals surface area contributed by atoms with Crippen molar-refractivity contribution >= 4 is 22.6 Å². The molecule has 1 N–H and O–H groups in total. The Kier molecular flexibility index (Phi) is 4.67. The van der Waals surface area contributed by atoms with E-state index in [4.69, 9.17) is 0 Å². The molecule has 1 aromatic heterocycles. The largest absolute Gasteiger partial charge is 0.351 e. The summed E-state index contributed by atoms with van der Waals surface area (Å²) in [6, 6.07) is 0. The van der Waals surface area contributed by atoms with Gasteiger partial charge in [-0.25, -0.2) is 4.98 Å². The third-order valence-corrected chi connectivity index (χ3v) is 2.94. The molecule has 1 aromatic rings. The molecule has 0 aliphatic heterocycles. The second kappa shape index (κ2) is 5.79. The predicted molar refractivity (Wildman–Crippen MR) is 65.8 cm³/mol. The molecule has 0 aliphatic rings. The average Bonchev–Trinajstić information content (AvgIpc) is 2.73. The molecule has 1 rings (SSSR count). The van der Waals surface area contributed by atoms with E-state index in [-0.39, 0.29) is 12.5 Å². The Morgan fingerprint density at radius 2 is 2.25 bits per heavy atom. The van der Waals surface area contributed by atoms with Crippen LogP contribution in [0.5, 0.6) is 0 Å². The number of carbonyl (C=O) groups is 1. The standard InChI is InChI=1S/C10H18N4OS/c1-5-14(4)8(15)6-11-10-12-9(7(2)3)13-16-10/h7H,5-6H2,1-4H3,(H,11,12,13). The van der Waals surface area contributed by atoms with Crippen molar-refractivity contribution in [2.45, 2.75) is 26.7 Å². The molecular formula is C10H18N4OS. The van der Waals surface area contributed by atoms with Crippen molar-refractivity contribution in [3.05, 3.63) is 5.82 Å². The van der Waals surface area contributed by atoms with Gasteiger partial charge in [0.1, 0.15) is 5.82 Å². The second-order valence-corrected chi connectivity index (χ2v) is 4.63. The van der Waals surface area contributed by atoms with E-state index in [1.807, 2.05) is 20.8 Å². The Morgan fingerprint density at radius 3 is 2.75 bits per heavy atom. The summed E-state index contributed by atoms with van der Waals surface area (Å²) in [4.78, 5) is 17.5. The van der Waals surface area contributed by atoms with E-state index in [0.717, 1.165) is 5.82 Å². The van der Waals surface area contributed by atoms with Crippen molar-refractivity contribution in [1.82, 2.24) is 14.3 Å². The molecule has 6 heteroatoms. The van der Waals surface area contributed by atoms with E-state index in [1.54, 1.807) is 11.9 Å². The molecule has 0 bridgehead atoms. The zero-order valence-electron chi connectivity index (χ0n) is 10.1. The number of aromatic nitrogens is 2. The Balaban J connectivity index is 2.45. The lowest BCUT2D eigenvalue weighted by Gasteiger charge is -2.13. The summed E-state index contributed by atoms with van der Waals surface area (Å²) in [5.74, 6) is 1.20. The van der Waals surface area contributed by atoms with E-state index in [9.17, 15) is 4.79 Å². The van der Waals surface area contributed by atoms with Crippen LogP contribution in [0.15, 0.2) is 0 Å². The lowest BCUT2D eigenvalue weighted by molar-refractivity contribution is -0.127. The van der Waals surface area contributed by atoms with E-state index in [1.165, 1.54) is 11.5 Å². The molecule has 0 radical (unpaired) electrons. The number of hydrogen-bond acceptors (Lipinski definition) is 5. The second-order valence-electron chi connectivity index (χ2n) is 3.87. The summed E-state index contributed by atoms with van der Waals surface area (Å²) >= 11 is 1.30. The minimum absolute atomic E-state index is 0.0591. The molecule has 0 aromatic carbocycles. The quantitative estimate of drug-likeness (QED) is 0.851. The summed E-state index contributed by atoms with van der Waals surface area (Å²) in [7, 11) is 1.78. The van der Waals surface area contributed by atoms with Crippen LogP contribution in [-0.2, 0) is 4.79 Å². The number of likely N-dealkylation sites (N-methyl/N-ethyl adjacent to an activating group) is 1. The molecule has 0 saturated carbocycles. The number of hydrogen-bond donors (Lipinski definition) is 1. The molecule has 1 heterocycles. The summed E-state index contributed by atoms with van der Waals surface area (Å²) in [6.45, 7) is 7.02. The maximum atomic E-state index is 11.5. The fourth-order valence-corrected chi connectivity index (χ4v) is 1.71. The number of rotatable bonds is 5. The predicted octanol–water partition coefficient (Wildman–Crippen LogP) is 1.55. The first-order valence-electron chi connectivity index (χ1n) is 5.36. The van der Waals surface area contributed by atoms with Gasteiger partial charge < -0.3 is 10.2 Å². The first-order valence-corrected chi connectivity index (χ1v) is 6.13. The van der Waals surface area contributed by atoms with E-state index in [2.05, 4.69) is 14.7 Å². The third kappa shape index (κ3) is 3.44. The lowest BCUT2D eigenvalue weighted by atomic mass is 10.2. The van der Waals surface area contributed by atoms with Crippen molar-refractivity contribution < 1.29 is 4.79 Å². The average molecular weight is 242 g/mol. The van der Waals surface area contributed by atoms with Gasteiger partial charge in [-0.05, 0) is 6.92 Å². The highest BCUT2D eigenvalue weighted by Crippen LogP contribution is 2.16. The monoisotopic (exact) mass is 242 g/mol. The molecule has 0 fully saturated rings. The molecule has 90 valence electrons. The molecule has 5 nitrogen and oxygen atoms in total. The van der Waals surface area contributed by atoms with Crippen molar-refractivity contribution in [3.63, 3.8) is 0 Å². The van der Waals surface area contributed by atoms with Crippen molar-refractivity contribution in [1.29, 1.82) is 0 Å². The van der Waals surface area contributed by atoms with Gasteiger partial charge in [-0.1, -0.05) is 13.8 Å². The van der Waals surface area contributed by atoms with Gasteiger partial charge in [-0.3, -0.25) is 4.79 Å². The van der Waals surface area contributed by atoms with Gasteiger partial charge in [-0.2, -0.15) is 4.37 Å². The molecule has 0 aliphatic carbocycles. The summed E-state index contributed by atoms with van der Waals surface area (Å²) in [6.07, 6.45) is 0. The molecule has 0 spiro atoms. The topological polar surface area (TPSA) is 58.1 Å². The van der Waals surface area contributed by atoms with Crippen LogP contribution in [0.1, 0.15) is 32.5 Å². The van der Waals surface area contributed by atoms with E-state index < -0.39 is 0 Å². The number of nitrogens with one attached hydrogen (secondary N) is 1. The fraction of sp³-hybridized carbons (Fsp3) is 0.700. The Morgan fingerprint density at radius 1 is 1.56 bits per heavy atom. The summed E-state index contributed by atoms with van der Waals surface area (Å²) in [5.41, 5.74) is 0. The highest BCUT2D eigenvalue weighted by molar-refractivity contribution is 7.09. The number of anilines is 1. The SMILES string of the molecule is CCN(C)C(=O)CNc1nc(C(C)C)ns1. The molecular weight excluding hydrogens is 224 g/mol. The molecule has 0 unspecified atom stereocenters. The van der Waals surface area contributed by atoms with Crippen LogP contribution in [0.4, 0.5) is 5.13 Å². The van der Waals surface area contributed by atoms with Gasteiger partial charge in [0.2, 0.25) is 11.0 Å². The van der Waals surface area contributed by atoms with Gasteiger partial charge >= 0.3 is 0 Å². The fourth-order valence-electron chi connectivity index (χ4n) is 1.00. The maximum Gasteiger partial charge on any atom is 0.241 e. The molecule has 0 atom stereocenters. The van der Waals surface area contributed by atoms with Gasteiger partial charge in [0.25, 0.3) is 0 Å². The van der Waals surface area contributed by atoms with E-state index in [0.29, 0.717) is 17.6 Å². The van der Waals surface area contributed by atoms with Crippen LogP contribution in [0.2, 0.25) is 0 Å². The van der Waals surface area contributed by atoms with E-state index >= 15 is 0 Å². The highest BCUT2D eigenvalue weighted by Gasteiger charge is 2.10.